The number of anilines is 1. The van der Waals surface area contributed by atoms with Gasteiger partial charge in [0.2, 0.25) is 11.8 Å². The van der Waals surface area contributed by atoms with Crippen molar-refractivity contribution in [2.24, 2.45) is 0 Å². The van der Waals surface area contributed by atoms with E-state index in [1.54, 1.807) is 18.1 Å². The second kappa shape index (κ2) is 8.10. The summed E-state index contributed by atoms with van der Waals surface area (Å²) in [6.45, 7) is 1.24. The number of methoxy groups -OCH3 is 1. The maximum atomic E-state index is 13.5. The fourth-order valence-corrected chi connectivity index (χ4v) is 3.15. The largest absolute Gasteiger partial charge is 0.383 e. The molecule has 0 fully saturated rings. The van der Waals surface area contributed by atoms with Gasteiger partial charge >= 0.3 is 0 Å². The van der Waals surface area contributed by atoms with Crippen molar-refractivity contribution in [2.45, 2.75) is 18.9 Å². The molecule has 2 amide bonds. The van der Waals surface area contributed by atoms with Crippen molar-refractivity contribution in [3.05, 3.63) is 65.5 Å². The van der Waals surface area contributed by atoms with Crippen LogP contribution in [0.15, 0.2) is 48.5 Å². The minimum absolute atomic E-state index is 0.0513. The molecule has 0 spiro atoms. The molecule has 1 N–H and O–H groups in total. The van der Waals surface area contributed by atoms with E-state index in [0.29, 0.717) is 30.9 Å². The van der Waals surface area contributed by atoms with Crippen LogP contribution in [0, 0.1) is 5.82 Å². The third-order valence-corrected chi connectivity index (χ3v) is 4.45. The Morgan fingerprint density at radius 2 is 2.04 bits per heavy atom. The summed E-state index contributed by atoms with van der Waals surface area (Å²) >= 11 is 0. The average Bonchev–Trinajstić information content (AvgIpc) is 2.64. The highest BCUT2D eigenvalue weighted by molar-refractivity contribution is 6.01. The second-order valence-corrected chi connectivity index (χ2v) is 6.27. The summed E-state index contributed by atoms with van der Waals surface area (Å²) < 4.78 is 18.6. The number of nitrogens with one attached hydrogen (secondary N) is 1. The summed E-state index contributed by atoms with van der Waals surface area (Å²) in [4.78, 5) is 26.9. The Hall–Kier alpha value is -2.73. The summed E-state index contributed by atoms with van der Waals surface area (Å²) in [5.74, 6) is -1.51. The van der Waals surface area contributed by atoms with Crippen LogP contribution in [0.2, 0.25) is 0 Å². The smallest absolute Gasteiger partial charge is 0.231 e. The number of nitrogens with zero attached hydrogens (tertiary/aromatic N) is 1. The van der Waals surface area contributed by atoms with Crippen LogP contribution in [-0.4, -0.2) is 37.0 Å². The van der Waals surface area contributed by atoms with Gasteiger partial charge < -0.3 is 15.0 Å². The van der Waals surface area contributed by atoms with E-state index < -0.39 is 11.7 Å². The molecule has 1 unspecified atom stereocenters. The molecule has 0 saturated heterocycles. The van der Waals surface area contributed by atoms with Crippen LogP contribution in [0.25, 0.3) is 0 Å². The van der Waals surface area contributed by atoms with Gasteiger partial charge in [0.1, 0.15) is 5.82 Å². The highest BCUT2D eigenvalue weighted by atomic mass is 19.1. The summed E-state index contributed by atoms with van der Waals surface area (Å²) in [5, 5.41) is 2.64. The molecule has 26 heavy (non-hydrogen) atoms. The molecule has 0 saturated carbocycles. The number of ether oxygens (including phenoxy) is 1. The lowest BCUT2D eigenvalue weighted by molar-refractivity contribution is -0.136. The molecule has 2 aromatic carbocycles. The summed E-state index contributed by atoms with van der Waals surface area (Å²) in [6.07, 6.45) is 0.0513. The normalized spacial score (nSPS) is 15.9. The molecule has 0 radical (unpaired) electrons. The monoisotopic (exact) mass is 356 g/mol. The fraction of sp³-hybridized carbons (Fsp3) is 0.300. The SMILES string of the molecule is COCCN(Cc1ccccc1)C(=O)C1CC(=O)Nc2cc(F)ccc21. The highest BCUT2D eigenvalue weighted by Crippen LogP contribution is 2.34. The summed E-state index contributed by atoms with van der Waals surface area (Å²) in [7, 11) is 1.58. The van der Waals surface area contributed by atoms with Gasteiger partial charge in [0.15, 0.2) is 0 Å². The second-order valence-electron chi connectivity index (χ2n) is 6.27. The van der Waals surface area contributed by atoms with Gasteiger partial charge in [-0.05, 0) is 23.3 Å². The van der Waals surface area contributed by atoms with E-state index in [1.165, 1.54) is 12.1 Å². The molecular formula is C20H21FN2O3. The topological polar surface area (TPSA) is 58.6 Å². The molecule has 3 rings (SSSR count). The lowest BCUT2D eigenvalue weighted by atomic mass is 9.89. The molecule has 0 aliphatic carbocycles. The van der Waals surface area contributed by atoms with Crippen molar-refractivity contribution >= 4 is 17.5 Å². The number of amides is 2. The first-order valence-corrected chi connectivity index (χ1v) is 8.49. The molecule has 0 aromatic heterocycles. The lowest BCUT2D eigenvalue weighted by Gasteiger charge is -2.31. The minimum Gasteiger partial charge on any atom is -0.383 e. The summed E-state index contributed by atoms with van der Waals surface area (Å²) in [5.41, 5.74) is 2.01. The molecule has 1 aliphatic heterocycles. The molecule has 1 heterocycles. The Morgan fingerprint density at radius 3 is 2.77 bits per heavy atom. The van der Waals surface area contributed by atoms with Gasteiger partial charge in [-0.3, -0.25) is 9.59 Å². The Morgan fingerprint density at radius 1 is 1.27 bits per heavy atom. The Bertz CT molecular complexity index is 795. The zero-order valence-corrected chi connectivity index (χ0v) is 14.6. The summed E-state index contributed by atoms with van der Waals surface area (Å²) in [6, 6.07) is 13.8. The Labute approximate surface area is 151 Å². The molecule has 0 bridgehead atoms. The van der Waals surface area contributed by atoms with Gasteiger partial charge in [0, 0.05) is 32.3 Å². The number of carbonyl (C=O) groups is 2. The predicted molar refractivity (Wildman–Crippen MR) is 96.1 cm³/mol. The van der Waals surface area contributed by atoms with E-state index in [4.69, 9.17) is 4.74 Å². The Balaban J connectivity index is 1.87. The van der Waals surface area contributed by atoms with Gasteiger partial charge in [-0.15, -0.1) is 0 Å². The van der Waals surface area contributed by atoms with Crippen molar-refractivity contribution in [1.82, 2.24) is 4.90 Å². The van der Waals surface area contributed by atoms with Crippen LogP contribution in [0.4, 0.5) is 10.1 Å². The van der Waals surface area contributed by atoms with E-state index in [2.05, 4.69) is 5.32 Å². The third kappa shape index (κ3) is 4.08. The first kappa shape index (κ1) is 18.1. The quantitative estimate of drug-likeness (QED) is 0.866. The van der Waals surface area contributed by atoms with Gasteiger partial charge in [0.05, 0.1) is 12.5 Å². The zero-order valence-electron chi connectivity index (χ0n) is 14.6. The van der Waals surface area contributed by atoms with Crippen molar-refractivity contribution in [2.75, 3.05) is 25.6 Å². The van der Waals surface area contributed by atoms with Crippen molar-refractivity contribution < 1.29 is 18.7 Å². The maximum Gasteiger partial charge on any atom is 0.231 e. The Kier molecular flexibility index (Phi) is 5.63. The van der Waals surface area contributed by atoms with Crippen LogP contribution in [-0.2, 0) is 20.9 Å². The van der Waals surface area contributed by atoms with Gasteiger partial charge in [-0.25, -0.2) is 4.39 Å². The average molecular weight is 356 g/mol. The zero-order chi connectivity index (χ0) is 18.5. The molecule has 2 aromatic rings. The number of fused-ring (bicyclic) bond motifs is 1. The predicted octanol–water partition coefficient (Wildman–Crippen LogP) is 2.93. The van der Waals surface area contributed by atoms with Crippen molar-refractivity contribution in [3.8, 4) is 0 Å². The van der Waals surface area contributed by atoms with Crippen LogP contribution >= 0.6 is 0 Å². The first-order chi connectivity index (χ1) is 12.6. The first-order valence-electron chi connectivity index (χ1n) is 8.49. The van der Waals surface area contributed by atoms with Crippen LogP contribution in [0.1, 0.15) is 23.5 Å². The van der Waals surface area contributed by atoms with Crippen LogP contribution in [0.5, 0.6) is 0 Å². The number of benzene rings is 2. The molecule has 5 nitrogen and oxygen atoms in total. The van der Waals surface area contributed by atoms with Gasteiger partial charge in [0.25, 0.3) is 0 Å². The molecular weight excluding hydrogens is 335 g/mol. The highest BCUT2D eigenvalue weighted by Gasteiger charge is 2.33. The van der Waals surface area contributed by atoms with Gasteiger partial charge in [-0.2, -0.15) is 0 Å². The number of hydrogen-bond donors (Lipinski definition) is 1. The maximum absolute atomic E-state index is 13.5. The van der Waals surface area contributed by atoms with Crippen LogP contribution < -0.4 is 5.32 Å². The number of hydrogen-bond acceptors (Lipinski definition) is 3. The molecule has 136 valence electrons. The standard InChI is InChI=1S/C20H21FN2O3/c1-26-10-9-23(13-14-5-3-2-4-6-14)20(25)17-12-19(24)22-18-11-15(21)7-8-16(17)18/h2-8,11,17H,9-10,12-13H2,1H3,(H,22,24). The number of carbonyl (C=O) groups excluding carboxylic acids is 2. The van der Waals surface area contributed by atoms with Crippen molar-refractivity contribution in [1.29, 1.82) is 0 Å². The van der Waals surface area contributed by atoms with Crippen molar-refractivity contribution in [3.63, 3.8) is 0 Å². The van der Waals surface area contributed by atoms with E-state index in [0.717, 1.165) is 5.56 Å². The van der Waals surface area contributed by atoms with Crippen LogP contribution in [0.3, 0.4) is 0 Å². The number of halogens is 1. The number of rotatable bonds is 6. The molecule has 1 aliphatic rings. The van der Waals surface area contributed by atoms with E-state index in [9.17, 15) is 14.0 Å². The molecule has 1 atom stereocenters. The lowest BCUT2D eigenvalue weighted by Crippen LogP contribution is -2.40. The third-order valence-electron chi connectivity index (χ3n) is 4.45. The minimum atomic E-state index is -0.625. The van der Waals surface area contributed by atoms with E-state index in [-0.39, 0.29) is 18.2 Å². The van der Waals surface area contributed by atoms with E-state index in [1.807, 2.05) is 30.3 Å². The molecule has 6 heteroatoms. The van der Waals surface area contributed by atoms with Gasteiger partial charge in [-0.1, -0.05) is 36.4 Å². The fourth-order valence-electron chi connectivity index (χ4n) is 3.15. The van der Waals surface area contributed by atoms with E-state index >= 15 is 0 Å².